The summed E-state index contributed by atoms with van der Waals surface area (Å²) in [6, 6.07) is 7.70. The number of nitrogens with zero attached hydrogens (tertiary/aromatic N) is 7. The molecule has 0 saturated carbocycles. The highest BCUT2D eigenvalue weighted by atomic mass is 16.2. The fourth-order valence-electron chi connectivity index (χ4n) is 4.19. The summed E-state index contributed by atoms with van der Waals surface area (Å²) in [5, 5.41) is 8.57. The zero-order valence-electron chi connectivity index (χ0n) is 20.4. The van der Waals surface area contributed by atoms with Gasteiger partial charge in [-0.05, 0) is 43.7 Å². The summed E-state index contributed by atoms with van der Waals surface area (Å²) in [4.78, 5) is 31.4. The summed E-state index contributed by atoms with van der Waals surface area (Å²) in [5.41, 5.74) is 6.78. The number of aryl methyl sites for hydroxylation is 4. The van der Waals surface area contributed by atoms with Gasteiger partial charge in [-0.15, -0.1) is 0 Å². The van der Waals surface area contributed by atoms with Crippen molar-refractivity contribution in [1.82, 2.24) is 39.2 Å². The fourth-order valence-corrected chi connectivity index (χ4v) is 4.19. The number of anilines is 2. The summed E-state index contributed by atoms with van der Waals surface area (Å²) in [6.07, 6.45) is 7.30. The van der Waals surface area contributed by atoms with Crippen LogP contribution in [0, 0.1) is 13.8 Å². The summed E-state index contributed by atoms with van der Waals surface area (Å²) >= 11 is 0. The molecule has 10 nitrogen and oxygen atoms in total. The number of imidazole rings is 1. The third kappa shape index (κ3) is 4.50. The predicted octanol–water partition coefficient (Wildman–Crippen LogP) is 3.72. The monoisotopic (exact) mass is 469 g/mol. The van der Waals surface area contributed by atoms with Crippen LogP contribution in [-0.2, 0) is 20.6 Å². The van der Waals surface area contributed by atoms with Crippen molar-refractivity contribution < 1.29 is 4.79 Å². The van der Waals surface area contributed by atoms with Crippen LogP contribution >= 0.6 is 0 Å². The number of carbonyl (C=O) groups excluding carboxylic acids is 1. The lowest BCUT2D eigenvalue weighted by molar-refractivity contribution is 0.0780. The third-order valence-corrected chi connectivity index (χ3v) is 5.90. The number of aromatic amines is 1. The zero-order chi connectivity index (χ0) is 24.7. The zero-order valence-corrected chi connectivity index (χ0v) is 20.4. The maximum absolute atomic E-state index is 13.1. The standard InChI is InChI=1S/C25H27N9O/c1-15-8-19(28-25-26-7-6-20(30-25)22-13-32(3)14-27-22)9-17-10-21(29-23(15)17)24(35)33(4)11-18-12-34(5)31-16(18)2/h6-10,12-14,29H,11H2,1-5H3,(H,26,28,30). The van der Waals surface area contributed by atoms with Gasteiger partial charge in [0.1, 0.15) is 11.4 Å². The van der Waals surface area contributed by atoms with Crippen LogP contribution in [0.2, 0.25) is 0 Å². The second-order valence-electron chi connectivity index (χ2n) is 8.83. The summed E-state index contributed by atoms with van der Waals surface area (Å²) in [6.45, 7) is 4.44. The Morgan fingerprint density at radius 3 is 2.66 bits per heavy atom. The minimum Gasteiger partial charge on any atom is -0.350 e. The molecule has 5 aromatic rings. The molecule has 0 aliphatic rings. The van der Waals surface area contributed by atoms with Crippen LogP contribution in [0.1, 0.15) is 27.3 Å². The molecule has 0 aliphatic heterocycles. The number of amides is 1. The van der Waals surface area contributed by atoms with Crippen LogP contribution in [0.5, 0.6) is 0 Å². The molecule has 178 valence electrons. The Hall–Kier alpha value is -4.47. The maximum atomic E-state index is 13.1. The van der Waals surface area contributed by atoms with Crippen LogP contribution in [0.4, 0.5) is 11.6 Å². The Morgan fingerprint density at radius 1 is 1.11 bits per heavy atom. The number of nitrogens with one attached hydrogen (secondary N) is 2. The minimum atomic E-state index is -0.0789. The molecule has 35 heavy (non-hydrogen) atoms. The van der Waals surface area contributed by atoms with Crippen molar-refractivity contribution in [3.8, 4) is 11.4 Å². The highest BCUT2D eigenvalue weighted by Crippen LogP contribution is 2.27. The SMILES string of the molecule is Cc1nn(C)cc1CN(C)C(=O)c1cc2cc(Nc3nccc(-c4cn(C)cn4)n3)cc(C)c2[nH]1. The highest BCUT2D eigenvalue weighted by Gasteiger charge is 2.18. The summed E-state index contributed by atoms with van der Waals surface area (Å²) in [5.74, 6) is 0.398. The van der Waals surface area contributed by atoms with Gasteiger partial charge >= 0.3 is 0 Å². The van der Waals surface area contributed by atoms with Crippen LogP contribution in [0.3, 0.4) is 0 Å². The molecule has 1 amide bonds. The number of carbonyl (C=O) groups is 1. The molecule has 0 aliphatic carbocycles. The van der Waals surface area contributed by atoms with Crippen molar-refractivity contribution >= 4 is 28.4 Å². The minimum absolute atomic E-state index is 0.0789. The topological polar surface area (TPSA) is 110 Å². The Morgan fingerprint density at radius 2 is 1.94 bits per heavy atom. The van der Waals surface area contributed by atoms with E-state index in [1.54, 1.807) is 29.2 Å². The first-order chi connectivity index (χ1) is 16.8. The van der Waals surface area contributed by atoms with Gasteiger partial charge in [-0.2, -0.15) is 5.10 Å². The normalized spacial score (nSPS) is 11.2. The van der Waals surface area contributed by atoms with Gasteiger partial charge in [0.15, 0.2) is 0 Å². The van der Waals surface area contributed by atoms with Crippen molar-refractivity contribution in [2.75, 3.05) is 12.4 Å². The van der Waals surface area contributed by atoms with E-state index < -0.39 is 0 Å². The van der Waals surface area contributed by atoms with E-state index in [1.807, 2.05) is 69.2 Å². The Balaban J connectivity index is 1.38. The quantitative estimate of drug-likeness (QED) is 0.392. The van der Waals surface area contributed by atoms with E-state index in [0.717, 1.165) is 44.8 Å². The first-order valence-corrected chi connectivity index (χ1v) is 11.2. The molecular formula is C25H27N9O. The smallest absolute Gasteiger partial charge is 0.270 e. The van der Waals surface area contributed by atoms with E-state index in [0.29, 0.717) is 18.2 Å². The number of aromatic nitrogens is 7. The summed E-state index contributed by atoms with van der Waals surface area (Å²) < 4.78 is 3.64. The number of fused-ring (bicyclic) bond motifs is 1. The van der Waals surface area contributed by atoms with E-state index in [4.69, 9.17) is 0 Å². The van der Waals surface area contributed by atoms with Gasteiger partial charge in [0.05, 0.1) is 17.7 Å². The van der Waals surface area contributed by atoms with Gasteiger partial charge < -0.3 is 19.8 Å². The molecule has 4 heterocycles. The highest BCUT2D eigenvalue weighted by molar-refractivity contribution is 5.99. The Bertz CT molecular complexity index is 1540. The van der Waals surface area contributed by atoms with E-state index in [2.05, 4.69) is 30.4 Å². The van der Waals surface area contributed by atoms with Gasteiger partial charge in [0.2, 0.25) is 5.95 Å². The first-order valence-electron chi connectivity index (χ1n) is 11.2. The Labute approximate surface area is 202 Å². The number of benzene rings is 1. The molecule has 2 N–H and O–H groups in total. The van der Waals surface area contributed by atoms with Crippen LogP contribution < -0.4 is 5.32 Å². The van der Waals surface area contributed by atoms with Gasteiger partial charge in [-0.1, -0.05) is 0 Å². The number of hydrogen-bond acceptors (Lipinski definition) is 6. The Kier molecular flexibility index (Phi) is 5.56. The lowest BCUT2D eigenvalue weighted by Gasteiger charge is -2.15. The number of hydrogen-bond donors (Lipinski definition) is 2. The molecule has 4 aromatic heterocycles. The lowest BCUT2D eigenvalue weighted by atomic mass is 10.1. The van der Waals surface area contributed by atoms with E-state index in [9.17, 15) is 4.79 Å². The molecule has 0 radical (unpaired) electrons. The number of rotatable bonds is 6. The van der Waals surface area contributed by atoms with Crippen molar-refractivity contribution in [1.29, 1.82) is 0 Å². The first kappa shape index (κ1) is 22.3. The molecule has 10 heteroatoms. The van der Waals surface area contributed by atoms with Crippen LogP contribution in [0.15, 0.2) is 49.2 Å². The molecule has 0 saturated heterocycles. The largest absolute Gasteiger partial charge is 0.350 e. The van der Waals surface area contributed by atoms with Crippen LogP contribution in [-0.4, -0.2) is 52.1 Å². The van der Waals surface area contributed by atoms with Crippen molar-refractivity contribution in [2.45, 2.75) is 20.4 Å². The lowest BCUT2D eigenvalue weighted by Crippen LogP contribution is -2.26. The maximum Gasteiger partial charge on any atom is 0.270 e. The van der Waals surface area contributed by atoms with Crippen molar-refractivity contribution in [2.24, 2.45) is 14.1 Å². The van der Waals surface area contributed by atoms with Crippen molar-refractivity contribution in [3.63, 3.8) is 0 Å². The van der Waals surface area contributed by atoms with E-state index in [-0.39, 0.29) is 5.91 Å². The average Bonchev–Trinajstić information content (AvgIpc) is 3.52. The third-order valence-electron chi connectivity index (χ3n) is 5.90. The molecule has 5 rings (SSSR count). The van der Waals surface area contributed by atoms with Gasteiger partial charge in [-0.25, -0.2) is 15.0 Å². The van der Waals surface area contributed by atoms with E-state index in [1.165, 1.54) is 0 Å². The van der Waals surface area contributed by atoms with Gasteiger partial charge in [-0.3, -0.25) is 9.48 Å². The van der Waals surface area contributed by atoms with Gasteiger partial charge in [0, 0.05) is 68.4 Å². The van der Waals surface area contributed by atoms with Gasteiger partial charge in [0.25, 0.3) is 5.91 Å². The average molecular weight is 470 g/mol. The molecule has 1 aromatic carbocycles. The molecular weight excluding hydrogens is 442 g/mol. The molecule has 0 bridgehead atoms. The molecule has 0 atom stereocenters. The van der Waals surface area contributed by atoms with E-state index >= 15 is 0 Å². The second kappa shape index (κ2) is 8.71. The molecule has 0 spiro atoms. The predicted molar refractivity (Wildman–Crippen MR) is 134 cm³/mol. The van der Waals surface area contributed by atoms with Crippen molar-refractivity contribution in [3.05, 3.63) is 71.7 Å². The number of H-pyrrole nitrogens is 1. The van der Waals surface area contributed by atoms with Crippen LogP contribution in [0.25, 0.3) is 22.3 Å². The second-order valence-corrected chi connectivity index (χ2v) is 8.83. The summed E-state index contributed by atoms with van der Waals surface area (Å²) in [7, 11) is 5.60. The fraction of sp³-hybridized carbons (Fsp3) is 0.240. The molecule has 0 unspecified atom stereocenters. The molecule has 0 fully saturated rings.